The number of piperazine rings is 1. The van der Waals surface area contributed by atoms with E-state index in [0.29, 0.717) is 31.1 Å². The molecule has 2 unspecified atom stereocenters. The Balaban J connectivity index is 0.817. The number of piperidine rings is 2. The van der Waals surface area contributed by atoms with Gasteiger partial charge in [-0.1, -0.05) is 12.1 Å². The molecule has 17 heteroatoms. The lowest BCUT2D eigenvalue weighted by Crippen LogP contribution is -2.48. The minimum atomic E-state index is -2.88. The predicted octanol–water partition coefficient (Wildman–Crippen LogP) is 4.25. The van der Waals surface area contributed by atoms with Crippen molar-refractivity contribution in [3.05, 3.63) is 65.7 Å². The molecule has 4 fully saturated rings. The summed E-state index contributed by atoms with van der Waals surface area (Å²) in [6.45, 7) is 5.39. The highest BCUT2D eigenvalue weighted by atomic mass is 19.3. The number of aliphatic hydroxyl groups excluding tert-OH is 1. The van der Waals surface area contributed by atoms with E-state index in [9.17, 15) is 27.9 Å². The number of halogens is 3. The highest BCUT2D eigenvalue weighted by molar-refractivity contribution is 6.08. The van der Waals surface area contributed by atoms with Crippen molar-refractivity contribution in [2.45, 2.75) is 88.2 Å². The van der Waals surface area contributed by atoms with Gasteiger partial charge in [0.15, 0.2) is 11.3 Å². The summed E-state index contributed by atoms with van der Waals surface area (Å²) in [5.41, 5.74) is 8.02. The Morgan fingerprint density at radius 1 is 1.02 bits per heavy atom. The maximum atomic E-state index is 14.2. The smallest absolute Gasteiger partial charge is 0.284 e. The van der Waals surface area contributed by atoms with Crippen molar-refractivity contribution in [3.63, 3.8) is 0 Å². The molecule has 4 aromatic rings. The van der Waals surface area contributed by atoms with Gasteiger partial charge >= 0.3 is 0 Å². The van der Waals surface area contributed by atoms with Crippen molar-refractivity contribution >= 4 is 34.7 Å². The first-order valence-electron chi connectivity index (χ1n) is 19.8. The van der Waals surface area contributed by atoms with Gasteiger partial charge in [-0.3, -0.25) is 19.2 Å². The van der Waals surface area contributed by atoms with E-state index < -0.39 is 30.4 Å². The van der Waals surface area contributed by atoms with Gasteiger partial charge in [-0.05, 0) is 81.2 Å². The van der Waals surface area contributed by atoms with E-state index in [4.69, 9.17) is 5.73 Å². The highest BCUT2D eigenvalue weighted by Gasteiger charge is 2.31. The Labute approximate surface area is 323 Å². The number of carbonyl (C=O) groups excluding carboxylic acids is 2. The second-order valence-electron chi connectivity index (χ2n) is 15.8. The Morgan fingerprint density at radius 3 is 2.50 bits per heavy atom. The first-order valence-corrected chi connectivity index (χ1v) is 19.8. The van der Waals surface area contributed by atoms with Gasteiger partial charge in [0.25, 0.3) is 12.3 Å². The number of hydrogen-bond acceptors (Lipinski definition) is 10. The van der Waals surface area contributed by atoms with E-state index in [-0.39, 0.29) is 53.8 Å². The lowest BCUT2D eigenvalue weighted by molar-refractivity contribution is -0.127. The van der Waals surface area contributed by atoms with Crippen LogP contribution in [-0.4, -0.2) is 110 Å². The molecule has 1 aromatic carbocycles. The largest absolute Gasteiger partial charge is 0.373 e. The normalized spacial score (nSPS) is 26.5. The molecule has 3 aromatic heterocycles. The van der Waals surface area contributed by atoms with Gasteiger partial charge in [0, 0.05) is 69.2 Å². The van der Waals surface area contributed by atoms with Crippen molar-refractivity contribution in [2.75, 3.05) is 60.9 Å². The Bertz CT molecular complexity index is 1980. The molecule has 1 saturated carbocycles. The van der Waals surface area contributed by atoms with Crippen LogP contribution in [0.15, 0.2) is 48.9 Å². The van der Waals surface area contributed by atoms with Gasteiger partial charge in [-0.2, -0.15) is 10.2 Å². The lowest BCUT2D eigenvalue weighted by atomic mass is 9.84. The maximum Gasteiger partial charge on any atom is 0.284 e. The monoisotopic (exact) mass is 777 g/mol. The quantitative estimate of drug-likeness (QED) is 0.183. The number of fused-ring (bicyclic) bond motifs is 1. The molecule has 3 saturated heterocycles. The van der Waals surface area contributed by atoms with Crippen LogP contribution >= 0.6 is 0 Å². The van der Waals surface area contributed by atoms with Crippen LogP contribution in [0.5, 0.6) is 0 Å². The minimum Gasteiger partial charge on any atom is -0.373 e. The van der Waals surface area contributed by atoms with Gasteiger partial charge in [-0.15, -0.1) is 0 Å². The fraction of sp³-hybridized carbons (Fsp3) is 0.564. The zero-order chi connectivity index (χ0) is 38.9. The maximum absolute atomic E-state index is 14.2. The van der Waals surface area contributed by atoms with Crippen molar-refractivity contribution in [1.82, 2.24) is 34.6 Å². The zero-order valence-corrected chi connectivity index (χ0v) is 31.3. The van der Waals surface area contributed by atoms with Crippen LogP contribution in [0.2, 0.25) is 0 Å². The van der Waals surface area contributed by atoms with Crippen LogP contribution in [0, 0.1) is 5.92 Å². The minimum absolute atomic E-state index is 0.0408. The molecule has 6 heterocycles. The highest BCUT2D eigenvalue weighted by Crippen LogP contribution is 2.37. The number of aromatic nitrogens is 5. The van der Waals surface area contributed by atoms with Crippen LogP contribution in [-0.2, 0) is 4.79 Å². The third kappa shape index (κ3) is 8.34. The van der Waals surface area contributed by atoms with Gasteiger partial charge in [0.1, 0.15) is 23.8 Å². The summed E-state index contributed by atoms with van der Waals surface area (Å²) in [7, 11) is 0. The molecule has 5 N–H and O–H groups in total. The van der Waals surface area contributed by atoms with E-state index in [0.717, 1.165) is 76.1 Å². The molecular formula is C39H50F3N11O3. The molecular weight excluding hydrogens is 727 g/mol. The topological polar surface area (TPSA) is 162 Å². The Kier molecular flexibility index (Phi) is 11.2. The van der Waals surface area contributed by atoms with Crippen LogP contribution < -0.4 is 26.2 Å². The number of alkyl halides is 3. The first kappa shape index (κ1) is 38.1. The van der Waals surface area contributed by atoms with Crippen LogP contribution in [0.3, 0.4) is 0 Å². The third-order valence-electron chi connectivity index (χ3n) is 12.0. The first-order chi connectivity index (χ1) is 27.1. The molecule has 0 spiro atoms. The van der Waals surface area contributed by atoms with Gasteiger partial charge in [0.2, 0.25) is 5.91 Å². The fourth-order valence-electron chi connectivity index (χ4n) is 8.85. The molecule has 0 bridgehead atoms. The van der Waals surface area contributed by atoms with Gasteiger partial charge < -0.3 is 31.3 Å². The number of nitrogens with two attached hydrogens (primary N) is 1. The number of rotatable bonds is 10. The second kappa shape index (κ2) is 16.4. The molecule has 56 heavy (non-hydrogen) atoms. The Morgan fingerprint density at radius 2 is 1.79 bits per heavy atom. The summed E-state index contributed by atoms with van der Waals surface area (Å²) in [4.78, 5) is 36.2. The zero-order valence-electron chi connectivity index (χ0n) is 31.3. The number of aliphatic hydroxyl groups is 1. The number of carbonyl (C=O) groups is 2. The van der Waals surface area contributed by atoms with E-state index in [1.807, 2.05) is 0 Å². The van der Waals surface area contributed by atoms with E-state index >= 15 is 0 Å². The molecule has 3 aliphatic heterocycles. The molecule has 0 radical (unpaired) electrons. The summed E-state index contributed by atoms with van der Waals surface area (Å²) in [5.74, 6) is 0.173. The summed E-state index contributed by atoms with van der Waals surface area (Å²) in [6, 6.07) is 9.64. The molecule has 8 rings (SSSR count). The molecule has 2 amide bonds. The number of nitrogens with zero attached hydrogens (tertiary/aromatic N) is 8. The van der Waals surface area contributed by atoms with E-state index in [2.05, 4.69) is 59.9 Å². The van der Waals surface area contributed by atoms with E-state index in [1.54, 1.807) is 21.8 Å². The molecule has 300 valence electrons. The number of nitrogens with one attached hydrogen (secondary N) is 2. The fourth-order valence-corrected chi connectivity index (χ4v) is 8.85. The number of benzene rings is 1. The average Bonchev–Trinajstić information content (AvgIpc) is 3.82. The standard InChI is InChI=1S/C39H50F3N11O3/c40-26-19-27(43)22-51(21-26)33-12-14-52-37(46-33)31(20-44-52)39(56)45-32-23-53(48-35(32)36(41)42)29-5-1-24(2-6-29)11-13-49-15-17-50(18-16-49)28-7-3-25(4-8-28)30-9-10-34(54)47-38(30)55/h3-4,7-8,12,14,20,23-24,26-27,29-30,36,38,55H,1-2,5-6,9-11,13,15-19,21-22,43H2,(H,45,56)(H,47,54)/t24?,26-,27-,29?,30?,38?/m1/s1. The lowest BCUT2D eigenvalue weighted by Gasteiger charge is -2.37. The SMILES string of the molecule is N[C@@H]1C[C@@H](F)CN(c2ccn3ncc(C(=O)Nc4cn(C5CCC(CCN6CCN(c7ccc(C8CCC(=O)NC8O)cc7)CC6)CC5)nc4C(F)F)c3n2)C1. The molecule has 4 atom stereocenters. The number of anilines is 3. The molecule has 14 nitrogen and oxygen atoms in total. The third-order valence-corrected chi connectivity index (χ3v) is 12.0. The summed E-state index contributed by atoms with van der Waals surface area (Å²) < 4.78 is 45.7. The average molecular weight is 778 g/mol. The molecule has 1 aliphatic carbocycles. The number of amides is 2. The summed E-state index contributed by atoms with van der Waals surface area (Å²) in [5, 5.41) is 24.0. The van der Waals surface area contributed by atoms with Crippen LogP contribution in [0.1, 0.15) is 91.4 Å². The Hall–Kier alpha value is -4.74. The molecule has 4 aliphatic rings. The van der Waals surface area contributed by atoms with E-state index in [1.165, 1.54) is 16.9 Å². The number of hydrogen-bond donors (Lipinski definition) is 4. The van der Waals surface area contributed by atoms with Crippen molar-refractivity contribution < 1.29 is 27.9 Å². The summed E-state index contributed by atoms with van der Waals surface area (Å²) in [6.07, 6.45) is 5.66. The van der Waals surface area contributed by atoms with Crippen LogP contribution in [0.4, 0.5) is 30.4 Å². The van der Waals surface area contributed by atoms with Crippen molar-refractivity contribution in [2.24, 2.45) is 11.7 Å². The second-order valence-corrected chi connectivity index (χ2v) is 15.8. The van der Waals surface area contributed by atoms with Crippen molar-refractivity contribution in [3.8, 4) is 0 Å². The van der Waals surface area contributed by atoms with Crippen LogP contribution in [0.25, 0.3) is 5.65 Å². The van der Waals surface area contributed by atoms with Gasteiger partial charge in [-0.25, -0.2) is 22.7 Å². The van der Waals surface area contributed by atoms with Gasteiger partial charge in [0.05, 0.1) is 24.5 Å². The predicted molar refractivity (Wildman–Crippen MR) is 205 cm³/mol. The van der Waals surface area contributed by atoms with Crippen molar-refractivity contribution in [1.29, 1.82) is 0 Å². The summed E-state index contributed by atoms with van der Waals surface area (Å²) >= 11 is 0.